The molecular formula is C20H25F3N2O3S. The molecule has 0 radical (unpaired) electrons. The average molecular weight is 430 g/mol. The number of benzene rings is 1. The predicted octanol–water partition coefficient (Wildman–Crippen LogP) is 3.89. The highest BCUT2D eigenvalue weighted by molar-refractivity contribution is 7.89. The van der Waals surface area contributed by atoms with Gasteiger partial charge < -0.3 is 5.32 Å². The van der Waals surface area contributed by atoms with Gasteiger partial charge in [-0.05, 0) is 44.2 Å². The van der Waals surface area contributed by atoms with Crippen molar-refractivity contribution in [2.75, 3.05) is 19.6 Å². The number of amides is 1. The van der Waals surface area contributed by atoms with E-state index in [0.717, 1.165) is 37.8 Å². The lowest BCUT2D eigenvalue weighted by molar-refractivity contribution is -0.139. The first-order valence-corrected chi connectivity index (χ1v) is 10.8. The minimum absolute atomic E-state index is 0.285. The second kappa shape index (κ2) is 10.1. The van der Waals surface area contributed by atoms with E-state index >= 15 is 0 Å². The topological polar surface area (TPSA) is 66.5 Å². The average Bonchev–Trinajstić information content (AvgIpc) is 2.68. The molecule has 0 fully saturated rings. The predicted molar refractivity (Wildman–Crippen MR) is 105 cm³/mol. The fourth-order valence-corrected chi connectivity index (χ4v) is 4.75. The smallest absolute Gasteiger partial charge is 0.355 e. The number of carbonyl (C=O) groups is 1. The molecule has 29 heavy (non-hydrogen) atoms. The maximum absolute atomic E-state index is 13.2. The van der Waals surface area contributed by atoms with Crippen molar-refractivity contribution in [2.45, 2.75) is 43.2 Å². The zero-order valence-electron chi connectivity index (χ0n) is 16.0. The maximum Gasteiger partial charge on any atom is 0.417 e. The molecule has 1 N–H and O–H groups in total. The van der Waals surface area contributed by atoms with Crippen molar-refractivity contribution in [2.24, 2.45) is 0 Å². The maximum atomic E-state index is 13.2. The molecule has 0 bridgehead atoms. The van der Waals surface area contributed by atoms with Crippen LogP contribution in [0.1, 0.15) is 37.7 Å². The monoisotopic (exact) mass is 430 g/mol. The molecule has 1 aromatic rings. The van der Waals surface area contributed by atoms with Gasteiger partial charge in [0.1, 0.15) is 0 Å². The number of alkyl halides is 3. The summed E-state index contributed by atoms with van der Waals surface area (Å²) in [6.45, 7) is 2.93. The molecule has 0 saturated heterocycles. The lowest BCUT2D eigenvalue weighted by Gasteiger charge is -2.22. The van der Waals surface area contributed by atoms with E-state index in [0.29, 0.717) is 23.3 Å². The zero-order chi connectivity index (χ0) is 21.5. The number of halogens is 3. The quantitative estimate of drug-likeness (QED) is 0.605. The molecule has 2 rings (SSSR count). The highest BCUT2D eigenvalue weighted by atomic mass is 32.2. The number of nitrogens with one attached hydrogen (secondary N) is 1. The van der Waals surface area contributed by atoms with Gasteiger partial charge in [0.05, 0.1) is 17.0 Å². The Hall–Kier alpha value is -2.13. The molecule has 160 valence electrons. The number of hydrogen-bond acceptors (Lipinski definition) is 3. The molecule has 0 unspecified atom stereocenters. The van der Waals surface area contributed by atoms with Crippen molar-refractivity contribution < 1.29 is 26.4 Å². The van der Waals surface area contributed by atoms with Crippen molar-refractivity contribution in [3.05, 3.63) is 54.1 Å². The molecule has 1 amide bonds. The van der Waals surface area contributed by atoms with Crippen molar-refractivity contribution in [3.8, 4) is 0 Å². The number of rotatable bonds is 9. The summed E-state index contributed by atoms with van der Waals surface area (Å²) in [5.41, 5.74) is -0.00932. The Morgan fingerprint density at radius 2 is 1.97 bits per heavy atom. The number of hydrogen-bond donors (Lipinski definition) is 1. The SMILES string of the molecule is C=CCN(CC(=O)NCCC1=CCCCC1)S(=O)(=O)c1ccccc1C(F)(F)F. The van der Waals surface area contributed by atoms with Gasteiger partial charge in [0.2, 0.25) is 15.9 Å². The Labute approximate surface area is 169 Å². The third-order valence-electron chi connectivity index (χ3n) is 4.62. The van der Waals surface area contributed by atoms with Crippen LogP contribution >= 0.6 is 0 Å². The summed E-state index contributed by atoms with van der Waals surface area (Å²) in [6, 6.07) is 3.93. The van der Waals surface area contributed by atoms with E-state index < -0.39 is 39.1 Å². The van der Waals surface area contributed by atoms with E-state index in [1.165, 1.54) is 17.7 Å². The van der Waals surface area contributed by atoms with Crippen molar-refractivity contribution >= 4 is 15.9 Å². The van der Waals surface area contributed by atoms with Crippen molar-refractivity contribution in [1.82, 2.24) is 9.62 Å². The number of allylic oxidation sites excluding steroid dienone is 1. The summed E-state index contributed by atoms with van der Waals surface area (Å²) < 4.78 is 66.1. The van der Waals surface area contributed by atoms with Crippen LogP contribution in [0.15, 0.2) is 53.5 Å². The molecule has 0 aromatic heterocycles. The standard InChI is InChI=1S/C20H25F3N2O3S/c1-2-14-25(15-19(26)24-13-12-16-8-4-3-5-9-16)29(27,28)18-11-7-6-10-17(18)20(21,22)23/h2,6-8,10-11H,1,3-5,9,12-15H2,(H,24,26). The molecule has 1 aromatic carbocycles. The Morgan fingerprint density at radius 3 is 2.59 bits per heavy atom. The number of nitrogens with zero attached hydrogens (tertiary/aromatic N) is 1. The number of sulfonamides is 1. The lowest BCUT2D eigenvalue weighted by Crippen LogP contribution is -2.41. The van der Waals surface area contributed by atoms with Crippen LogP contribution in [0.2, 0.25) is 0 Å². The Bertz CT molecular complexity index is 864. The lowest BCUT2D eigenvalue weighted by atomic mass is 9.97. The van der Waals surface area contributed by atoms with Crippen molar-refractivity contribution in [3.63, 3.8) is 0 Å². The third kappa shape index (κ3) is 6.43. The first kappa shape index (κ1) is 23.2. The minimum Gasteiger partial charge on any atom is -0.355 e. The van der Waals surface area contributed by atoms with Gasteiger partial charge in [0, 0.05) is 13.1 Å². The van der Waals surface area contributed by atoms with E-state index in [-0.39, 0.29) is 6.54 Å². The molecule has 0 saturated carbocycles. The fraction of sp³-hybridized carbons (Fsp3) is 0.450. The molecule has 0 heterocycles. The van der Waals surface area contributed by atoms with E-state index in [1.54, 1.807) is 0 Å². The molecule has 5 nitrogen and oxygen atoms in total. The van der Waals surface area contributed by atoms with E-state index in [2.05, 4.69) is 18.0 Å². The van der Waals surface area contributed by atoms with E-state index in [4.69, 9.17) is 0 Å². The van der Waals surface area contributed by atoms with Gasteiger partial charge in [0.15, 0.2) is 0 Å². The summed E-state index contributed by atoms with van der Waals surface area (Å²) in [6.07, 6.45) is 3.50. The molecule has 1 aliphatic carbocycles. The summed E-state index contributed by atoms with van der Waals surface area (Å²) in [4.78, 5) is 11.4. The van der Waals surface area contributed by atoms with Gasteiger partial charge in [-0.25, -0.2) is 8.42 Å². The Kier molecular flexibility index (Phi) is 8.04. The Balaban J connectivity index is 2.11. The zero-order valence-corrected chi connectivity index (χ0v) is 16.9. The van der Waals surface area contributed by atoms with Crippen LogP contribution in [0, 0.1) is 0 Å². The third-order valence-corrected chi connectivity index (χ3v) is 6.49. The second-order valence-corrected chi connectivity index (χ2v) is 8.69. The minimum atomic E-state index is -4.83. The Morgan fingerprint density at radius 1 is 1.24 bits per heavy atom. The van der Waals surface area contributed by atoms with E-state index in [9.17, 15) is 26.4 Å². The summed E-state index contributed by atoms with van der Waals surface area (Å²) in [5, 5.41) is 2.64. The normalized spacial score (nSPS) is 15.1. The summed E-state index contributed by atoms with van der Waals surface area (Å²) in [7, 11) is -4.55. The van der Waals surface area contributed by atoms with Gasteiger partial charge in [-0.2, -0.15) is 17.5 Å². The van der Waals surface area contributed by atoms with Crippen LogP contribution in [0.25, 0.3) is 0 Å². The second-order valence-electron chi connectivity index (χ2n) is 6.79. The van der Waals surface area contributed by atoms with Gasteiger partial charge >= 0.3 is 6.18 Å². The van der Waals surface area contributed by atoms with E-state index in [1.807, 2.05) is 0 Å². The van der Waals surface area contributed by atoms with Gasteiger partial charge in [-0.3, -0.25) is 4.79 Å². The van der Waals surface area contributed by atoms with Crippen LogP contribution in [-0.2, 0) is 21.0 Å². The number of carbonyl (C=O) groups excluding carboxylic acids is 1. The summed E-state index contributed by atoms with van der Waals surface area (Å²) >= 11 is 0. The first-order valence-electron chi connectivity index (χ1n) is 9.38. The van der Waals surface area contributed by atoms with Crippen molar-refractivity contribution in [1.29, 1.82) is 0 Å². The van der Waals surface area contributed by atoms with Gasteiger partial charge in [-0.1, -0.05) is 29.9 Å². The van der Waals surface area contributed by atoms with Gasteiger partial charge in [0.25, 0.3) is 0 Å². The largest absolute Gasteiger partial charge is 0.417 e. The molecular weight excluding hydrogens is 405 g/mol. The van der Waals surface area contributed by atoms with Crippen LogP contribution < -0.4 is 5.32 Å². The van der Waals surface area contributed by atoms with Crippen LogP contribution in [0.5, 0.6) is 0 Å². The highest BCUT2D eigenvalue weighted by Gasteiger charge is 2.39. The molecule has 1 aliphatic rings. The van der Waals surface area contributed by atoms with Crippen LogP contribution in [-0.4, -0.2) is 38.3 Å². The summed E-state index contributed by atoms with van der Waals surface area (Å²) in [5.74, 6) is -0.573. The van der Waals surface area contributed by atoms with Crippen LogP contribution in [0.4, 0.5) is 13.2 Å². The molecule has 0 atom stereocenters. The highest BCUT2D eigenvalue weighted by Crippen LogP contribution is 2.35. The fourth-order valence-electron chi connectivity index (χ4n) is 3.17. The van der Waals surface area contributed by atoms with Gasteiger partial charge in [-0.15, -0.1) is 6.58 Å². The molecule has 0 aliphatic heterocycles. The van der Waals surface area contributed by atoms with Crippen LogP contribution in [0.3, 0.4) is 0 Å². The molecule has 0 spiro atoms. The molecule has 9 heteroatoms. The first-order chi connectivity index (χ1) is 13.7.